The summed E-state index contributed by atoms with van der Waals surface area (Å²) in [5, 5.41) is 5.83. The quantitative estimate of drug-likeness (QED) is 0.653. The first-order chi connectivity index (χ1) is 7.02. The monoisotopic (exact) mass is 213 g/mol. The van der Waals surface area contributed by atoms with Crippen LogP contribution in [-0.4, -0.2) is 49.4 Å². The lowest BCUT2D eigenvalue weighted by Crippen LogP contribution is -2.54. The number of hydrogen-bond acceptors (Lipinski definition) is 3. The van der Waals surface area contributed by atoms with Crippen molar-refractivity contribution >= 4 is 11.8 Å². The zero-order valence-electron chi connectivity index (χ0n) is 9.54. The highest BCUT2D eigenvalue weighted by molar-refractivity contribution is 5.85. The molecule has 15 heavy (non-hydrogen) atoms. The molecule has 5 heteroatoms. The first-order valence-corrected chi connectivity index (χ1v) is 5.27. The molecule has 1 aliphatic rings. The molecule has 1 rings (SSSR count). The van der Waals surface area contributed by atoms with Crippen molar-refractivity contribution in [2.24, 2.45) is 0 Å². The molecule has 0 radical (unpaired) electrons. The van der Waals surface area contributed by atoms with Gasteiger partial charge in [-0.1, -0.05) is 0 Å². The van der Waals surface area contributed by atoms with Crippen molar-refractivity contribution in [2.45, 2.75) is 31.8 Å². The summed E-state index contributed by atoms with van der Waals surface area (Å²) in [5.74, 6) is -0.00645. The number of nitrogens with one attached hydrogen (secondary N) is 2. The summed E-state index contributed by atoms with van der Waals surface area (Å²) in [4.78, 5) is 24.5. The lowest BCUT2D eigenvalue weighted by molar-refractivity contribution is -0.131. The summed E-state index contributed by atoms with van der Waals surface area (Å²) in [6, 6.07) is -0.536. The topological polar surface area (TPSA) is 61.4 Å². The summed E-state index contributed by atoms with van der Waals surface area (Å²) in [6.45, 7) is 2.53. The molecule has 1 saturated heterocycles. The second kappa shape index (κ2) is 5.11. The Balaban J connectivity index is 2.46. The standard InChI is InChI=1S/C10H19N3O2/c1-7(10(15)13(2)3)12-8-5-4-6-11-9(8)14/h7-8,12H,4-6H2,1-3H3,(H,11,14). The summed E-state index contributed by atoms with van der Waals surface area (Å²) >= 11 is 0. The highest BCUT2D eigenvalue weighted by atomic mass is 16.2. The Kier molecular flexibility index (Phi) is 4.08. The van der Waals surface area contributed by atoms with Gasteiger partial charge in [-0.05, 0) is 19.8 Å². The zero-order chi connectivity index (χ0) is 11.4. The van der Waals surface area contributed by atoms with Gasteiger partial charge in [0.2, 0.25) is 11.8 Å². The number of nitrogens with zero attached hydrogens (tertiary/aromatic N) is 1. The third kappa shape index (κ3) is 3.20. The van der Waals surface area contributed by atoms with Crippen LogP contribution in [0.2, 0.25) is 0 Å². The second-order valence-corrected chi connectivity index (χ2v) is 4.11. The molecule has 0 aromatic heterocycles. The van der Waals surface area contributed by atoms with Gasteiger partial charge in [0.05, 0.1) is 12.1 Å². The average molecular weight is 213 g/mol. The number of likely N-dealkylation sites (N-methyl/N-ethyl adjacent to an activating group) is 1. The maximum Gasteiger partial charge on any atom is 0.238 e. The highest BCUT2D eigenvalue weighted by Gasteiger charge is 2.25. The first-order valence-electron chi connectivity index (χ1n) is 5.27. The number of hydrogen-bond donors (Lipinski definition) is 2. The predicted molar refractivity (Wildman–Crippen MR) is 57.3 cm³/mol. The summed E-state index contributed by atoms with van der Waals surface area (Å²) < 4.78 is 0. The predicted octanol–water partition coefficient (Wildman–Crippen LogP) is -0.669. The minimum absolute atomic E-state index is 0.000318. The molecule has 0 aliphatic carbocycles. The minimum atomic E-state index is -0.311. The third-order valence-corrected chi connectivity index (χ3v) is 2.55. The Morgan fingerprint density at radius 3 is 2.80 bits per heavy atom. The smallest absolute Gasteiger partial charge is 0.238 e. The average Bonchev–Trinajstić information content (AvgIpc) is 2.20. The van der Waals surface area contributed by atoms with Crippen LogP contribution in [0.3, 0.4) is 0 Å². The van der Waals surface area contributed by atoms with Crippen LogP contribution in [-0.2, 0) is 9.59 Å². The van der Waals surface area contributed by atoms with E-state index >= 15 is 0 Å². The van der Waals surface area contributed by atoms with E-state index in [-0.39, 0.29) is 23.9 Å². The SMILES string of the molecule is CC(NC1CCCNC1=O)C(=O)N(C)C. The van der Waals surface area contributed by atoms with Gasteiger partial charge >= 0.3 is 0 Å². The Bertz CT molecular complexity index is 253. The van der Waals surface area contributed by atoms with Crippen molar-refractivity contribution in [2.75, 3.05) is 20.6 Å². The van der Waals surface area contributed by atoms with E-state index < -0.39 is 0 Å². The molecule has 1 heterocycles. The number of amides is 2. The first kappa shape index (κ1) is 12.0. The van der Waals surface area contributed by atoms with Crippen LogP contribution in [0.4, 0.5) is 0 Å². The van der Waals surface area contributed by atoms with Gasteiger partial charge in [0.15, 0.2) is 0 Å². The lowest BCUT2D eigenvalue weighted by Gasteiger charge is -2.26. The minimum Gasteiger partial charge on any atom is -0.355 e. The van der Waals surface area contributed by atoms with Gasteiger partial charge in [-0.25, -0.2) is 0 Å². The van der Waals surface area contributed by atoms with Crippen molar-refractivity contribution in [3.63, 3.8) is 0 Å². The molecule has 1 fully saturated rings. The third-order valence-electron chi connectivity index (χ3n) is 2.55. The molecule has 0 aromatic carbocycles. The molecular formula is C10H19N3O2. The number of carbonyl (C=O) groups excluding carboxylic acids is 2. The van der Waals surface area contributed by atoms with E-state index in [1.807, 2.05) is 0 Å². The second-order valence-electron chi connectivity index (χ2n) is 4.11. The Morgan fingerprint density at radius 1 is 1.60 bits per heavy atom. The Labute approximate surface area is 90.2 Å². The number of rotatable bonds is 3. The fraction of sp³-hybridized carbons (Fsp3) is 0.800. The number of carbonyl (C=O) groups is 2. The van der Waals surface area contributed by atoms with E-state index in [4.69, 9.17) is 0 Å². The summed E-state index contributed by atoms with van der Waals surface area (Å²) in [6.07, 6.45) is 1.77. The van der Waals surface area contributed by atoms with Crippen molar-refractivity contribution in [1.29, 1.82) is 0 Å². The van der Waals surface area contributed by atoms with Crippen LogP contribution in [0.5, 0.6) is 0 Å². The fourth-order valence-corrected chi connectivity index (χ4v) is 1.69. The Hall–Kier alpha value is -1.10. The van der Waals surface area contributed by atoms with Crippen LogP contribution in [0, 0.1) is 0 Å². The molecule has 1 aliphatic heterocycles. The summed E-state index contributed by atoms with van der Waals surface area (Å²) in [7, 11) is 3.42. The normalized spacial score (nSPS) is 23.1. The molecule has 0 aromatic rings. The van der Waals surface area contributed by atoms with Crippen LogP contribution in [0.15, 0.2) is 0 Å². The van der Waals surface area contributed by atoms with Gasteiger partial charge < -0.3 is 10.2 Å². The van der Waals surface area contributed by atoms with E-state index in [2.05, 4.69) is 10.6 Å². The van der Waals surface area contributed by atoms with Crippen molar-refractivity contribution < 1.29 is 9.59 Å². The molecule has 2 amide bonds. The van der Waals surface area contributed by atoms with Crippen molar-refractivity contribution in [3.8, 4) is 0 Å². The molecule has 2 N–H and O–H groups in total. The van der Waals surface area contributed by atoms with E-state index in [9.17, 15) is 9.59 Å². The van der Waals surface area contributed by atoms with E-state index in [1.54, 1.807) is 21.0 Å². The van der Waals surface area contributed by atoms with Crippen molar-refractivity contribution in [3.05, 3.63) is 0 Å². The largest absolute Gasteiger partial charge is 0.355 e. The van der Waals surface area contributed by atoms with Gasteiger partial charge in [0.25, 0.3) is 0 Å². The van der Waals surface area contributed by atoms with E-state index in [1.165, 1.54) is 4.90 Å². The molecule has 86 valence electrons. The maximum absolute atomic E-state index is 11.6. The molecule has 0 saturated carbocycles. The molecular weight excluding hydrogens is 194 g/mol. The van der Waals surface area contributed by atoms with Gasteiger partial charge in [-0.3, -0.25) is 14.9 Å². The highest BCUT2D eigenvalue weighted by Crippen LogP contribution is 2.04. The fourth-order valence-electron chi connectivity index (χ4n) is 1.69. The van der Waals surface area contributed by atoms with E-state index in [0.717, 1.165) is 19.4 Å². The van der Waals surface area contributed by atoms with Gasteiger partial charge in [0, 0.05) is 20.6 Å². The molecule has 5 nitrogen and oxygen atoms in total. The number of piperidine rings is 1. The van der Waals surface area contributed by atoms with Crippen LogP contribution in [0.1, 0.15) is 19.8 Å². The molecule has 0 spiro atoms. The summed E-state index contributed by atoms with van der Waals surface area (Å²) in [5.41, 5.74) is 0. The zero-order valence-corrected chi connectivity index (χ0v) is 9.54. The van der Waals surface area contributed by atoms with E-state index in [0.29, 0.717) is 0 Å². The van der Waals surface area contributed by atoms with Crippen LogP contribution < -0.4 is 10.6 Å². The molecule has 0 bridgehead atoms. The van der Waals surface area contributed by atoms with Gasteiger partial charge in [0.1, 0.15) is 0 Å². The molecule has 2 unspecified atom stereocenters. The molecule has 2 atom stereocenters. The van der Waals surface area contributed by atoms with Gasteiger partial charge in [-0.2, -0.15) is 0 Å². The van der Waals surface area contributed by atoms with Crippen LogP contribution in [0.25, 0.3) is 0 Å². The maximum atomic E-state index is 11.6. The van der Waals surface area contributed by atoms with Crippen LogP contribution >= 0.6 is 0 Å². The lowest BCUT2D eigenvalue weighted by atomic mass is 10.1. The van der Waals surface area contributed by atoms with Gasteiger partial charge in [-0.15, -0.1) is 0 Å². The van der Waals surface area contributed by atoms with Crippen molar-refractivity contribution in [1.82, 2.24) is 15.5 Å². The Morgan fingerprint density at radius 2 is 2.27 bits per heavy atom.